The number of hydrogen-bond acceptors (Lipinski definition) is 5. The molecule has 0 spiro atoms. The molecule has 1 N–H and O–H groups in total. The summed E-state index contributed by atoms with van der Waals surface area (Å²) >= 11 is 0. The number of benzene rings is 2. The number of halogens is 1. The van der Waals surface area contributed by atoms with E-state index < -0.39 is 0 Å². The molecule has 0 amide bonds. The topological polar surface area (TPSA) is 63.3 Å². The zero-order valence-electron chi connectivity index (χ0n) is 16.1. The highest BCUT2D eigenvalue weighted by Gasteiger charge is 2.14. The highest BCUT2D eigenvalue weighted by atomic mass is 35.5. The molecule has 4 rings (SSSR count). The molecule has 2 heterocycles. The van der Waals surface area contributed by atoms with Gasteiger partial charge in [0.1, 0.15) is 11.5 Å². The van der Waals surface area contributed by atoms with Gasteiger partial charge < -0.3 is 9.47 Å². The Labute approximate surface area is 171 Å². The van der Waals surface area contributed by atoms with Gasteiger partial charge >= 0.3 is 0 Å². The van der Waals surface area contributed by atoms with Crippen LogP contribution >= 0.6 is 12.4 Å². The van der Waals surface area contributed by atoms with Gasteiger partial charge in [-0.05, 0) is 49.7 Å². The van der Waals surface area contributed by atoms with Gasteiger partial charge in [-0.25, -0.2) is 4.98 Å². The Balaban J connectivity index is 0.00000225. The molecule has 0 radical (unpaired) electrons. The summed E-state index contributed by atoms with van der Waals surface area (Å²) in [7, 11) is 3.27. The Morgan fingerprint density at radius 1 is 0.964 bits per heavy atom. The fourth-order valence-electron chi connectivity index (χ4n) is 3.47. The van der Waals surface area contributed by atoms with Crippen LogP contribution in [0.15, 0.2) is 42.5 Å². The number of aromatic nitrogens is 3. The molecule has 1 aromatic heterocycles. The molecule has 0 bridgehead atoms. The molecule has 1 aliphatic rings. The lowest BCUT2D eigenvalue weighted by atomic mass is 10.1. The van der Waals surface area contributed by atoms with E-state index in [2.05, 4.69) is 44.3 Å². The van der Waals surface area contributed by atoms with Crippen LogP contribution in [-0.2, 0) is 6.54 Å². The fraction of sp³-hybridized carbons (Fsp3) is 0.333. The fourth-order valence-corrected chi connectivity index (χ4v) is 3.47. The monoisotopic (exact) mass is 400 g/mol. The van der Waals surface area contributed by atoms with Crippen molar-refractivity contribution in [1.29, 1.82) is 0 Å². The van der Waals surface area contributed by atoms with Crippen LogP contribution in [-0.4, -0.2) is 47.4 Å². The van der Waals surface area contributed by atoms with Crippen molar-refractivity contribution >= 4 is 12.4 Å². The van der Waals surface area contributed by atoms with Crippen LogP contribution in [0.4, 0.5) is 0 Å². The molecule has 1 fully saturated rings. The summed E-state index contributed by atoms with van der Waals surface area (Å²) in [5.41, 5.74) is 3.19. The van der Waals surface area contributed by atoms with Crippen molar-refractivity contribution in [1.82, 2.24) is 20.1 Å². The number of likely N-dealkylation sites (tertiary alicyclic amines) is 1. The second kappa shape index (κ2) is 9.08. The predicted octanol–water partition coefficient (Wildman–Crippen LogP) is 4.17. The van der Waals surface area contributed by atoms with E-state index in [9.17, 15) is 0 Å². The quantitative estimate of drug-likeness (QED) is 0.672. The van der Waals surface area contributed by atoms with Gasteiger partial charge in [0.25, 0.3) is 0 Å². The first-order chi connectivity index (χ1) is 13.2. The lowest BCUT2D eigenvalue weighted by molar-refractivity contribution is 0.331. The van der Waals surface area contributed by atoms with E-state index in [4.69, 9.17) is 9.47 Å². The SMILES string of the molecule is COc1cc(OC)cc(-c2n[nH]c(-c3cccc(CN4CCCC4)c3)n2)c1.Cl. The molecule has 7 heteroatoms. The standard InChI is InChI=1S/C21H24N4O2.ClH/c1-26-18-11-17(12-19(13-18)27-2)21-22-20(23-24-21)16-7-5-6-15(10-16)14-25-8-3-4-9-25;/h5-7,10-13H,3-4,8-9,14H2,1-2H3,(H,22,23,24);1H. The molecule has 148 valence electrons. The summed E-state index contributed by atoms with van der Waals surface area (Å²) < 4.78 is 10.7. The van der Waals surface area contributed by atoms with Crippen molar-refractivity contribution in [2.45, 2.75) is 19.4 Å². The van der Waals surface area contributed by atoms with Gasteiger partial charge in [-0.1, -0.05) is 18.2 Å². The molecule has 6 nitrogen and oxygen atoms in total. The second-order valence-electron chi connectivity index (χ2n) is 6.79. The molecule has 1 saturated heterocycles. The van der Waals surface area contributed by atoms with Crippen LogP contribution in [0.5, 0.6) is 11.5 Å². The highest BCUT2D eigenvalue weighted by molar-refractivity contribution is 5.85. The smallest absolute Gasteiger partial charge is 0.181 e. The van der Waals surface area contributed by atoms with E-state index in [1.54, 1.807) is 14.2 Å². The Kier molecular flexibility index (Phi) is 6.54. The van der Waals surface area contributed by atoms with Crippen LogP contribution in [0.3, 0.4) is 0 Å². The normalized spacial score (nSPS) is 13.9. The first-order valence-corrected chi connectivity index (χ1v) is 9.22. The number of hydrogen-bond donors (Lipinski definition) is 1. The molecule has 1 aliphatic heterocycles. The van der Waals surface area contributed by atoms with Crippen LogP contribution in [0, 0.1) is 0 Å². The number of ether oxygens (including phenoxy) is 2. The second-order valence-corrected chi connectivity index (χ2v) is 6.79. The average Bonchev–Trinajstić information content (AvgIpc) is 3.40. The molecular weight excluding hydrogens is 376 g/mol. The number of nitrogens with zero attached hydrogens (tertiary/aromatic N) is 3. The van der Waals surface area contributed by atoms with Gasteiger partial charge in [-0.15, -0.1) is 12.4 Å². The number of nitrogens with one attached hydrogen (secondary N) is 1. The van der Waals surface area contributed by atoms with Gasteiger partial charge in [0, 0.05) is 23.7 Å². The van der Waals surface area contributed by atoms with Crippen molar-refractivity contribution in [2.24, 2.45) is 0 Å². The molecular formula is C21H25ClN4O2. The number of aromatic amines is 1. The minimum absolute atomic E-state index is 0. The zero-order valence-corrected chi connectivity index (χ0v) is 17.0. The molecule has 0 unspecified atom stereocenters. The summed E-state index contributed by atoms with van der Waals surface area (Å²) in [6.45, 7) is 3.37. The Morgan fingerprint density at radius 2 is 1.68 bits per heavy atom. The highest BCUT2D eigenvalue weighted by Crippen LogP contribution is 2.29. The maximum Gasteiger partial charge on any atom is 0.181 e. The van der Waals surface area contributed by atoms with Crippen LogP contribution in [0.1, 0.15) is 18.4 Å². The lowest BCUT2D eigenvalue weighted by Crippen LogP contribution is -2.18. The molecule has 3 aromatic rings. The van der Waals surface area contributed by atoms with Crippen molar-refractivity contribution in [3.05, 3.63) is 48.0 Å². The van der Waals surface area contributed by atoms with Crippen LogP contribution < -0.4 is 9.47 Å². The zero-order chi connectivity index (χ0) is 18.6. The van der Waals surface area contributed by atoms with E-state index >= 15 is 0 Å². The first-order valence-electron chi connectivity index (χ1n) is 9.22. The number of H-pyrrole nitrogens is 1. The van der Waals surface area contributed by atoms with Crippen molar-refractivity contribution in [3.63, 3.8) is 0 Å². The minimum Gasteiger partial charge on any atom is -0.497 e. The predicted molar refractivity (Wildman–Crippen MR) is 112 cm³/mol. The van der Waals surface area contributed by atoms with Crippen LogP contribution in [0.25, 0.3) is 22.8 Å². The summed E-state index contributed by atoms with van der Waals surface area (Å²) in [4.78, 5) is 7.18. The first kappa shape index (κ1) is 20.2. The maximum absolute atomic E-state index is 5.34. The van der Waals surface area contributed by atoms with Crippen molar-refractivity contribution in [3.8, 4) is 34.3 Å². The third-order valence-corrected chi connectivity index (χ3v) is 4.90. The van der Waals surface area contributed by atoms with Gasteiger partial charge in [-0.3, -0.25) is 10.00 Å². The van der Waals surface area contributed by atoms with E-state index in [1.807, 2.05) is 18.2 Å². The van der Waals surface area contributed by atoms with Gasteiger partial charge in [-0.2, -0.15) is 5.10 Å². The van der Waals surface area contributed by atoms with Crippen molar-refractivity contribution in [2.75, 3.05) is 27.3 Å². The Hall–Kier alpha value is -2.57. The van der Waals surface area contributed by atoms with E-state index in [0.717, 1.165) is 23.5 Å². The molecule has 2 aromatic carbocycles. The van der Waals surface area contributed by atoms with Crippen molar-refractivity contribution < 1.29 is 9.47 Å². The maximum atomic E-state index is 5.34. The molecule has 0 aliphatic carbocycles. The lowest BCUT2D eigenvalue weighted by Gasteiger charge is -2.14. The third-order valence-electron chi connectivity index (χ3n) is 4.90. The largest absolute Gasteiger partial charge is 0.497 e. The average molecular weight is 401 g/mol. The van der Waals surface area contributed by atoms with Gasteiger partial charge in [0.2, 0.25) is 0 Å². The van der Waals surface area contributed by atoms with Crippen LogP contribution in [0.2, 0.25) is 0 Å². The van der Waals surface area contributed by atoms with Gasteiger partial charge in [0.15, 0.2) is 11.6 Å². The Morgan fingerprint density at radius 3 is 2.36 bits per heavy atom. The number of methoxy groups -OCH3 is 2. The summed E-state index contributed by atoms with van der Waals surface area (Å²) in [5, 5.41) is 7.45. The summed E-state index contributed by atoms with van der Waals surface area (Å²) in [6.07, 6.45) is 2.60. The van der Waals surface area contributed by atoms with E-state index in [-0.39, 0.29) is 12.4 Å². The molecule has 28 heavy (non-hydrogen) atoms. The Bertz CT molecular complexity index is 900. The molecule has 0 atom stereocenters. The summed E-state index contributed by atoms with van der Waals surface area (Å²) in [5.74, 6) is 2.80. The third kappa shape index (κ3) is 4.46. The minimum atomic E-state index is 0. The van der Waals surface area contributed by atoms with Gasteiger partial charge in [0.05, 0.1) is 14.2 Å². The van der Waals surface area contributed by atoms with E-state index in [1.165, 1.54) is 31.5 Å². The molecule has 0 saturated carbocycles. The number of rotatable bonds is 6. The van der Waals surface area contributed by atoms with E-state index in [0.29, 0.717) is 17.3 Å². The summed E-state index contributed by atoms with van der Waals surface area (Å²) in [6, 6.07) is 14.1.